The fraction of sp³-hybridized carbons (Fsp3) is 0.605. The Morgan fingerprint density at radius 1 is 0.875 bits per heavy atom. The molecule has 1 rings (SSSR count). The summed E-state index contributed by atoms with van der Waals surface area (Å²) in [6, 6.07) is 0. The lowest BCUT2D eigenvalue weighted by atomic mass is 9.72. The highest BCUT2D eigenvalue weighted by atomic mass is 16.5. The molecule has 0 saturated carbocycles. The number of carbonyl (C=O) groups excluding carboxylic acids is 1. The molecule has 224 valence electrons. The Labute approximate surface area is 248 Å². The Bertz CT molecular complexity index is 917. The van der Waals surface area contributed by atoms with Gasteiger partial charge in [0.25, 0.3) is 0 Å². The Kier molecular flexibility index (Phi) is 19.9. The molecule has 0 radical (unpaired) electrons. The van der Waals surface area contributed by atoms with Crippen LogP contribution >= 0.6 is 0 Å². The van der Waals surface area contributed by atoms with Crippen molar-refractivity contribution in [2.24, 2.45) is 5.41 Å². The van der Waals surface area contributed by atoms with Gasteiger partial charge in [-0.2, -0.15) is 0 Å². The highest BCUT2D eigenvalue weighted by molar-refractivity contribution is 5.69. The van der Waals surface area contributed by atoms with Crippen LogP contribution in [0.5, 0.6) is 0 Å². The average Bonchev–Trinajstić information content (AvgIpc) is 2.90. The summed E-state index contributed by atoms with van der Waals surface area (Å²) in [5.74, 6) is -0.0881. The van der Waals surface area contributed by atoms with E-state index in [2.05, 4.69) is 89.3 Å². The summed E-state index contributed by atoms with van der Waals surface area (Å²) < 4.78 is 5.40. The number of hydrogen-bond acceptors (Lipinski definition) is 2. The molecule has 0 aromatic heterocycles. The van der Waals surface area contributed by atoms with Crippen LogP contribution in [0.25, 0.3) is 0 Å². The second kappa shape index (κ2) is 22.4. The van der Waals surface area contributed by atoms with E-state index in [9.17, 15) is 4.79 Å². The Balaban J connectivity index is 2.14. The van der Waals surface area contributed by atoms with E-state index >= 15 is 0 Å². The van der Waals surface area contributed by atoms with E-state index in [1.54, 1.807) is 0 Å². The molecule has 0 spiro atoms. The number of carbonyl (C=O) groups is 1. The summed E-state index contributed by atoms with van der Waals surface area (Å²) in [6.45, 7) is 13.8. The molecule has 0 saturated heterocycles. The fourth-order valence-electron chi connectivity index (χ4n) is 5.12. The zero-order valence-corrected chi connectivity index (χ0v) is 26.9. The van der Waals surface area contributed by atoms with E-state index in [4.69, 9.17) is 4.74 Å². The second-order valence-corrected chi connectivity index (χ2v) is 12.1. The molecular weight excluding hydrogens is 488 g/mol. The molecule has 0 atom stereocenters. The first-order valence-corrected chi connectivity index (χ1v) is 16.1. The maximum atomic E-state index is 12.0. The molecule has 0 aliphatic heterocycles. The summed E-state index contributed by atoms with van der Waals surface area (Å²) in [5.41, 5.74) is 5.63. The van der Waals surface area contributed by atoms with Gasteiger partial charge in [0.05, 0.1) is 0 Å². The van der Waals surface area contributed by atoms with Crippen molar-refractivity contribution < 1.29 is 9.53 Å². The number of rotatable bonds is 20. The minimum Gasteiger partial charge on any atom is -0.461 e. The van der Waals surface area contributed by atoms with E-state index in [1.165, 1.54) is 80.9 Å². The van der Waals surface area contributed by atoms with Gasteiger partial charge in [-0.05, 0) is 95.6 Å². The van der Waals surface area contributed by atoms with E-state index < -0.39 is 0 Å². The topological polar surface area (TPSA) is 26.3 Å². The molecule has 0 amide bonds. The largest absolute Gasteiger partial charge is 0.461 e. The van der Waals surface area contributed by atoms with Crippen LogP contribution in [0, 0.1) is 5.41 Å². The monoisotopic (exact) mass is 548 g/mol. The van der Waals surface area contributed by atoms with Crippen LogP contribution in [-0.4, -0.2) is 12.6 Å². The van der Waals surface area contributed by atoms with Crippen molar-refractivity contribution in [1.82, 2.24) is 0 Å². The Morgan fingerprint density at radius 2 is 1.55 bits per heavy atom. The van der Waals surface area contributed by atoms with Gasteiger partial charge in [0.15, 0.2) is 0 Å². The van der Waals surface area contributed by atoms with Gasteiger partial charge in [-0.1, -0.05) is 124 Å². The Morgan fingerprint density at radius 3 is 2.25 bits per heavy atom. The molecule has 0 N–H and O–H groups in total. The van der Waals surface area contributed by atoms with Crippen molar-refractivity contribution >= 4 is 5.97 Å². The van der Waals surface area contributed by atoms with Gasteiger partial charge in [-0.15, -0.1) is 0 Å². The molecule has 1 aliphatic rings. The lowest BCUT2D eigenvalue weighted by Gasteiger charge is -2.32. The van der Waals surface area contributed by atoms with Gasteiger partial charge in [-0.3, -0.25) is 4.79 Å². The van der Waals surface area contributed by atoms with Gasteiger partial charge in [-0.25, -0.2) is 0 Å². The first-order chi connectivity index (χ1) is 19.3. The number of ether oxygens (including phenoxy) is 1. The molecule has 2 heteroatoms. The average molecular weight is 549 g/mol. The molecular formula is C38H60O2. The van der Waals surface area contributed by atoms with Crippen molar-refractivity contribution in [2.45, 2.75) is 138 Å². The lowest BCUT2D eigenvalue weighted by Crippen LogP contribution is -2.19. The predicted octanol–water partition coefficient (Wildman–Crippen LogP) is 11.9. The van der Waals surface area contributed by atoms with E-state index in [1.807, 2.05) is 13.0 Å². The van der Waals surface area contributed by atoms with Crippen LogP contribution in [0.15, 0.2) is 83.1 Å². The third-order valence-electron chi connectivity index (χ3n) is 7.75. The van der Waals surface area contributed by atoms with Crippen LogP contribution in [0.2, 0.25) is 0 Å². The molecule has 0 aromatic rings. The van der Waals surface area contributed by atoms with E-state index in [0.29, 0.717) is 13.0 Å². The molecule has 0 unspecified atom stereocenters. The maximum absolute atomic E-state index is 12.0. The van der Waals surface area contributed by atoms with Crippen LogP contribution in [0.4, 0.5) is 0 Å². The summed E-state index contributed by atoms with van der Waals surface area (Å²) >= 11 is 0. The number of esters is 1. The quantitative estimate of drug-likeness (QED) is 0.0654. The summed E-state index contributed by atoms with van der Waals surface area (Å²) in [5, 5.41) is 0. The molecule has 0 fully saturated rings. The van der Waals surface area contributed by atoms with Crippen molar-refractivity contribution in [3.05, 3.63) is 83.1 Å². The molecule has 0 bridgehead atoms. The lowest BCUT2D eigenvalue weighted by molar-refractivity contribution is -0.142. The minimum atomic E-state index is -0.0881. The van der Waals surface area contributed by atoms with Crippen molar-refractivity contribution in [1.29, 1.82) is 0 Å². The van der Waals surface area contributed by atoms with Crippen molar-refractivity contribution in [2.75, 3.05) is 6.61 Å². The van der Waals surface area contributed by atoms with E-state index in [0.717, 1.165) is 31.3 Å². The van der Waals surface area contributed by atoms with Crippen LogP contribution in [0.1, 0.15) is 138 Å². The van der Waals surface area contributed by atoms with Gasteiger partial charge in [0.2, 0.25) is 0 Å². The number of hydrogen-bond donors (Lipinski definition) is 0. The van der Waals surface area contributed by atoms with E-state index in [-0.39, 0.29) is 11.4 Å². The van der Waals surface area contributed by atoms with Crippen LogP contribution < -0.4 is 0 Å². The smallest absolute Gasteiger partial charge is 0.306 e. The zero-order chi connectivity index (χ0) is 29.5. The van der Waals surface area contributed by atoms with Crippen molar-refractivity contribution in [3.8, 4) is 0 Å². The molecule has 0 aromatic carbocycles. The van der Waals surface area contributed by atoms with Gasteiger partial charge >= 0.3 is 5.97 Å². The van der Waals surface area contributed by atoms with Crippen LogP contribution in [-0.2, 0) is 9.53 Å². The number of allylic oxidation sites excluding steroid dienone is 13. The second-order valence-electron chi connectivity index (χ2n) is 12.1. The standard InChI is InChI=1S/C38H60O2/c1-7-8-9-10-11-12-13-14-15-16-17-18-19-20-21-27-37(39)40-32-30-34(3)25-22-24-33(2)28-29-36-35(4)26-23-31-38(36,5)6/h11-12,14-15,22,24-25,28-30H,7-10,13,16-21,23,26-27,31-32H2,1-6H3/b12-11-,15-14-,25-22+,29-28+,33-24+,34-30+. The van der Waals surface area contributed by atoms with Crippen LogP contribution in [0.3, 0.4) is 0 Å². The minimum absolute atomic E-state index is 0.0881. The third kappa shape index (κ3) is 18.1. The van der Waals surface area contributed by atoms with Gasteiger partial charge in [0.1, 0.15) is 6.61 Å². The molecule has 2 nitrogen and oxygen atoms in total. The highest BCUT2D eigenvalue weighted by Gasteiger charge is 2.26. The third-order valence-corrected chi connectivity index (χ3v) is 7.75. The molecule has 1 aliphatic carbocycles. The maximum Gasteiger partial charge on any atom is 0.306 e. The Hall–Kier alpha value is -2.35. The van der Waals surface area contributed by atoms with Gasteiger partial charge in [0, 0.05) is 6.42 Å². The first-order valence-electron chi connectivity index (χ1n) is 16.1. The molecule has 40 heavy (non-hydrogen) atoms. The predicted molar refractivity (Wildman–Crippen MR) is 176 cm³/mol. The number of unbranched alkanes of at least 4 members (excludes halogenated alkanes) is 8. The zero-order valence-electron chi connectivity index (χ0n) is 26.9. The van der Waals surface area contributed by atoms with Crippen molar-refractivity contribution in [3.63, 3.8) is 0 Å². The van der Waals surface area contributed by atoms with Gasteiger partial charge < -0.3 is 4.74 Å². The normalized spacial score (nSPS) is 16.9. The summed E-state index contributed by atoms with van der Waals surface area (Å²) in [4.78, 5) is 12.0. The SMILES string of the molecule is CCCCC/C=C\C/C=C\CCCCCCCC(=O)OC/C=C(C)/C=C/C=C(C)/C=C/C1=C(C)CCCC1(C)C. The highest BCUT2D eigenvalue weighted by Crippen LogP contribution is 2.40. The summed E-state index contributed by atoms with van der Waals surface area (Å²) in [7, 11) is 0. The molecule has 0 heterocycles. The first kappa shape index (κ1) is 35.7. The fourth-order valence-corrected chi connectivity index (χ4v) is 5.12. The summed E-state index contributed by atoms with van der Waals surface area (Å²) in [6.07, 6.45) is 39.4.